The van der Waals surface area contributed by atoms with Crippen LogP contribution in [-0.2, 0) is 11.3 Å². The molecule has 31 heavy (non-hydrogen) atoms. The summed E-state index contributed by atoms with van der Waals surface area (Å²) in [6.07, 6.45) is 5.40. The first-order valence-corrected chi connectivity index (χ1v) is 10.00. The van der Waals surface area contributed by atoms with E-state index in [1.165, 1.54) is 6.08 Å². The number of pyridine rings is 1. The molecule has 1 saturated heterocycles. The number of primary amides is 1. The van der Waals surface area contributed by atoms with E-state index in [0.29, 0.717) is 25.4 Å². The number of nitrogens with two attached hydrogens (primary N) is 1. The molecule has 3 heterocycles. The van der Waals surface area contributed by atoms with Crippen LogP contribution >= 0.6 is 0 Å². The third-order valence-corrected chi connectivity index (χ3v) is 5.25. The SMILES string of the molecule is C=CC(=O)N1CCC(c2ccc(C(N)=O)c(Oc3cnn(Cc4ccccc4)c3)n2)C1. The summed E-state index contributed by atoms with van der Waals surface area (Å²) < 4.78 is 7.64. The summed E-state index contributed by atoms with van der Waals surface area (Å²) in [5, 5.41) is 4.31. The van der Waals surface area contributed by atoms with Crippen molar-refractivity contribution in [1.29, 1.82) is 0 Å². The van der Waals surface area contributed by atoms with Crippen molar-refractivity contribution < 1.29 is 14.3 Å². The van der Waals surface area contributed by atoms with E-state index in [4.69, 9.17) is 10.5 Å². The fraction of sp³-hybridized carbons (Fsp3) is 0.217. The Morgan fingerprint density at radius 3 is 2.77 bits per heavy atom. The van der Waals surface area contributed by atoms with Crippen molar-refractivity contribution in [3.05, 3.63) is 84.3 Å². The molecule has 1 atom stereocenters. The van der Waals surface area contributed by atoms with Crippen LogP contribution in [0, 0.1) is 0 Å². The molecule has 0 aliphatic carbocycles. The van der Waals surface area contributed by atoms with Gasteiger partial charge in [0.15, 0.2) is 5.75 Å². The number of nitrogens with zero attached hydrogens (tertiary/aromatic N) is 4. The number of ether oxygens (including phenoxy) is 1. The number of likely N-dealkylation sites (tertiary alicyclic amines) is 1. The summed E-state index contributed by atoms with van der Waals surface area (Å²) >= 11 is 0. The Morgan fingerprint density at radius 1 is 1.23 bits per heavy atom. The largest absolute Gasteiger partial charge is 0.435 e. The second kappa shape index (κ2) is 8.83. The third kappa shape index (κ3) is 4.63. The highest BCUT2D eigenvalue weighted by molar-refractivity contribution is 5.95. The molecule has 0 spiro atoms. The van der Waals surface area contributed by atoms with E-state index in [2.05, 4.69) is 16.7 Å². The number of amides is 2. The molecule has 3 aromatic rings. The molecule has 2 amide bonds. The van der Waals surface area contributed by atoms with Crippen molar-refractivity contribution in [2.45, 2.75) is 18.9 Å². The molecule has 1 aliphatic heterocycles. The van der Waals surface area contributed by atoms with Gasteiger partial charge in [-0.1, -0.05) is 36.9 Å². The Kier molecular flexibility index (Phi) is 5.79. The van der Waals surface area contributed by atoms with Crippen molar-refractivity contribution >= 4 is 11.8 Å². The molecular formula is C23H23N5O3. The van der Waals surface area contributed by atoms with Crippen LogP contribution in [0.15, 0.2) is 67.5 Å². The minimum atomic E-state index is -0.624. The van der Waals surface area contributed by atoms with E-state index < -0.39 is 5.91 Å². The first-order chi connectivity index (χ1) is 15.0. The van der Waals surface area contributed by atoms with Gasteiger partial charge < -0.3 is 15.4 Å². The lowest BCUT2D eigenvalue weighted by molar-refractivity contribution is -0.125. The van der Waals surface area contributed by atoms with Crippen molar-refractivity contribution in [3.63, 3.8) is 0 Å². The minimum Gasteiger partial charge on any atom is -0.435 e. The molecule has 2 aromatic heterocycles. The molecule has 0 saturated carbocycles. The number of carbonyl (C=O) groups is 2. The fourth-order valence-corrected chi connectivity index (χ4v) is 3.64. The summed E-state index contributed by atoms with van der Waals surface area (Å²) in [6.45, 7) is 5.31. The van der Waals surface area contributed by atoms with Gasteiger partial charge in [-0.2, -0.15) is 5.10 Å². The highest BCUT2D eigenvalue weighted by Gasteiger charge is 2.28. The quantitative estimate of drug-likeness (QED) is 0.596. The minimum absolute atomic E-state index is 0.0500. The zero-order valence-electron chi connectivity index (χ0n) is 17.0. The van der Waals surface area contributed by atoms with Crippen LogP contribution in [0.4, 0.5) is 0 Å². The van der Waals surface area contributed by atoms with E-state index in [1.54, 1.807) is 34.1 Å². The summed E-state index contributed by atoms with van der Waals surface area (Å²) in [4.78, 5) is 30.0. The maximum atomic E-state index is 11.9. The summed E-state index contributed by atoms with van der Waals surface area (Å²) in [5.41, 5.74) is 7.56. The van der Waals surface area contributed by atoms with Crippen LogP contribution in [-0.4, -0.2) is 44.6 Å². The van der Waals surface area contributed by atoms with Crippen molar-refractivity contribution in [2.75, 3.05) is 13.1 Å². The maximum absolute atomic E-state index is 11.9. The van der Waals surface area contributed by atoms with Gasteiger partial charge in [0.05, 0.1) is 18.9 Å². The monoisotopic (exact) mass is 417 g/mol. The molecule has 0 radical (unpaired) electrons. The van der Waals surface area contributed by atoms with Crippen molar-refractivity contribution in [3.8, 4) is 11.6 Å². The first kappa shape index (κ1) is 20.3. The number of hydrogen-bond donors (Lipinski definition) is 1. The fourth-order valence-electron chi connectivity index (χ4n) is 3.64. The summed E-state index contributed by atoms with van der Waals surface area (Å²) in [5.74, 6) is -0.0797. The molecule has 8 heteroatoms. The van der Waals surface area contributed by atoms with E-state index in [-0.39, 0.29) is 23.3 Å². The lowest BCUT2D eigenvalue weighted by Gasteiger charge is -2.15. The lowest BCUT2D eigenvalue weighted by atomic mass is 10.0. The van der Waals surface area contributed by atoms with Gasteiger partial charge in [0, 0.05) is 24.7 Å². The van der Waals surface area contributed by atoms with Crippen LogP contribution in [0.25, 0.3) is 0 Å². The number of benzene rings is 1. The molecule has 1 fully saturated rings. The zero-order chi connectivity index (χ0) is 21.8. The van der Waals surface area contributed by atoms with Crippen LogP contribution < -0.4 is 10.5 Å². The molecule has 1 aliphatic rings. The van der Waals surface area contributed by atoms with Gasteiger partial charge in [-0.3, -0.25) is 14.3 Å². The maximum Gasteiger partial charge on any atom is 0.254 e. The summed E-state index contributed by atoms with van der Waals surface area (Å²) in [6, 6.07) is 13.3. The predicted octanol–water partition coefficient (Wildman–Crippen LogP) is 2.72. The number of rotatable bonds is 7. The second-order valence-corrected chi connectivity index (χ2v) is 7.39. The van der Waals surface area contributed by atoms with Crippen LogP contribution in [0.5, 0.6) is 11.6 Å². The Labute approximate surface area is 179 Å². The first-order valence-electron chi connectivity index (χ1n) is 10.00. The number of carbonyl (C=O) groups excluding carboxylic acids is 2. The van der Waals surface area contributed by atoms with E-state index in [9.17, 15) is 9.59 Å². The molecule has 8 nitrogen and oxygen atoms in total. The van der Waals surface area contributed by atoms with Gasteiger partial charge in [-0.15, -0.1) is 0 Å². The highest BCUT2D eigenvalue weighted by atomic mass is 16.5. The van der Waals surface area contributed by atoms with E-state index >= 15 is 0 Å². The van der Waals surface area contributed by atoms with Crippen molar-refractivity contribution in [1.82, 2.24) is 19.7 Å². The van der Waals surface area contributed by atoms with Gasteiger partial charge in [0.2, 0.25) is 11.8 Å². The van der Waals surface area contributed by atoms with Crippen LogP contribution in [0.1, 0.15) is 34.0 Å². The van der Waals surface area contributed by atoms with E-state index in [0.717, 1.165) is 17.7 Å². The predicted molar refractivity (Wildman–Crippen MR) is 115 cm³/mol. The second-order valence-electron chi connectivity index (χ2n) is 7.39. The van der Waals surface area contributed by atoms with Crippen molar-refractivity contribution in [2.24, 2.45) is 5.73 Å². The molecule has 4 rings (SSSR count). The Balaban J connectivity index is 1.53. The van der Waals surface area contributed by atoms with Gasteiger partial charge in [0.25, 0.3) is 5.91 Å². The van der Waals surface area contributed by atoms with Gasteiger partial charge >= 0.3 is 0 Å². The van der Waals surface area contributed by atoms with Gasteiger partial charge in [-0.25, -0.2) is 4.98 Å². The third-order valence-electron chi connectivity index (χ3n) is 5.25. The average Bonchev–Trinajstić information content (AvgIpc) is 3.44. The molecule has 1 unspecified atom stereocenters. The summed E-state index contributed by atoms with van der Waals surface area (Å²) in [7, 11) is 0. The van der Waals surface area contributed by atoms with Gasteiger partial charge in [-0.05, 0) is 30.2 Å². The molecule has 1 aromatic carbocycles. The zero-order valence-corrected chi connectivity index (χ0v) is 17.0. The standard InChI is InChI=1S/C23H23N5O3/c1-2-21(29)27-11-10-17(14-27)20-9-8-19(22(24)30)23(26-20)31-18-12-25-28(15-18)13-16-6-4-3-5-7-16/h2-9,12,15,17H,1,10-11,13-14H2,(H2,24,30). The Bertz CT molecular complexity index is 1110. The molecule has 0 bridgehead atoms. The Morgan fingerprint density at radius 2 is 2.03 bits per heavy atom. The van der Waals surface area contributed by atoms with E-state index in [1.807, 2.05) is 30.3 Å². The molecular weight excluding hydrogens is 394 g/mol. The normalized spacial score (nSPS) is 15.6. The highest BCUT2D eigenvalue weighted by Crippen LogP contribution is 2.30. The van der Waals surface area contributed by atoms with Gasteiger partial charge in [0.1, 0.15) is 5.56 Å². The Hall–Kier alpha value is -3.94. The molecule has 158 valence electrons. The van der Waals surface area contributed by atoms with Crippen LogP contribution in [0.3, 0.4) is 0 Å². The van der Waals surface area contributed by atoms with Crippen LogP contribution in [0.2, 0.25) is 0 Å². The smallest absolute Gasteiger partial charge is 0.254 e. The molecule has 2 N–H and O–H groups in total. The topological polar surface area (TPSA) is 103 Å². The lowest BCUT2D eigenvalue weighted by Crippen LogP contribution is -2.26. The number of aromatic nitrogens is 3. The number of hydrogen-bond acceptors (Lipinski definition) is 5. The average molecular weight is 417 g/mol.